The summed E-state index contributed by atoms with van der Waals surface area (Å²) in [5.41, 5.74) is 10.8. The highest BCUT2D eigenvalue weighted by molar-refractivity contribution is 5.92. The third-order valence-corrected chi connectivity index (χ3v) is 7.61. The summed E-state index contributed by atoms with van der Waals surface area (Å²) in [5, 5.41) is 22.0. The summed E-state index contributed by atoms with van der Waals surface area (Å²) in [7, 11) is 1.63. The number of carbonyl (C=O) groups is 1. The van der Waals surface area contributed by atoms with Crippen molar-refractivity contribution in [3.05, 3.63) is 54.5 Å². The molecular weight excluding hydrogens is 458 g/mol. The predicted octanol–water partition coefficient (Wildman–Crippen LogP) is 2.33. The second-order valence-corrected chi connectivity index (χ2v) is 9.66. The van der Waals surface area contributed by atoms with Crippen molar-refractivity contribution >= 4 is 17.2 Å². The number of benzene rings is 1. The maximum absolute atomic E-state index is 12.8. The number of hydrogen-bond acceptors (Lipinski definition) is 7. The van der Waals surface area contributed by atoms with Crippen LogP contribution < -0.4 is 11.1 Å². The summed E-state index contributed by atoms with van der Waals surface area (Å²) in [5.74, 6) is 0.295. The van der Waals surface area contributed by atoms with Gasteiger partial charge in [0.25, 0.3) is 0 Å². The van der Waals surface area contributed by atoms with E-state index in [1.807, 2.05) is 36.5 Å². The minimum Gasteiger partial charge on any atom is -0.393 e. The highest BCUT2D eigenvalue weighted by Gasteiger charge is 2.50. The van der Waals surface area contributed by atoms with Gasteiger partial charge in [0.1, 0.15) is 11.8 Å². The maximum atomic E-state index is 12.8. The SMILES string of the molecule is CNC(=O)[C@]1(c2cccc(-c3cc(-c4ccnn4C4CCOCC4)c4c(N)ncnn34)c2)C[C@H](O)C1. The molecule has 3 aromatic heterocycles. The molecule has 4 heterocycles. The van der Waals surface area contributed by atoms with Gasteiger partial charge in [0, 0.05) is 37.6 Å². The summed E-state index contributed by atoms with van der Waals surface area (Å²) in [4.78, 5) is 17.1. The zero-order valence-electron chi connectivity index (χ0n) is 20.1. The molecule has 0 radical (unpaired) electrons. The first-order valence-corrected chi connectivity index (χ1v) is 12.3. The molecule has 1 amide bonds. The summed E-state index contributed by atoms with van der Waals surface area (Å²) >= 11 is 0. The Bertz CT molecular complexity index is 1430. The number of nitrogens with zero attached hydrogens (tertiary/aromatic N) is 5. The van der Waals surface area contributed by atoms with E-state index >= 15 is 0 Å². The number of fused-ring (bicyclic) bond motifs is 1. The summed E-state index contributed by atoms with van der Waals surface area (Å²) < 4.78 is 9.41. The minimum atomic E-state index is -0.740. The van der Waals surface area contributed by atoms with Crippen LogP contribution in [0.4, 0.5) is 5.82 Å². The van der Waals surface area contributed by atoms with E-state index in [1.165, 1.54) is 6.33 Å². The second-order valence-electron chi connectivity index (χ2n) is 9.66. The standard InChI is InChI=1S/C26H29N7O3/c1-28-25(35)26(13-19(34)14-26)17-4-2-3-16(11-17)22-12-20(23-24(27)29-15-31-33(22)23)21-5-8-30-32(21)18-6-9-36-10-7-18/h2-5,8,11-12,15,18-19,34H,6-7,9-10,13-14H2,1H3,(H,28,35)(H2,27,29,31)/t19-,26+. The van der Waals surface area contributed by atoms with Crippen LogP contribution in [0, 0.1) is 0 Å². The van der Waals surface area contributed by atoms with Crippen molar-refractivity contribution in [3.8, 4) is 22.5 Å². The van der Waals surface area contributed by atoms with Crippen LogP contribution in [0.3, 0.4) is 0 Å². The van der Waals surface area contributed by atoms with E-state index in [1.54, 1.807) is 11.6 Å². The molecule has 1 aliphatic carbocycles. The van der Waals surface area contributed by atoms with Gasteiger partial charge in [-0.15, -0.1) is 0 Å². The third kappa shape index (κ3) is 3.48. The Morgan fingerprint density at radius 2 is 1.97 bits per heavy atom. The maximum Gasteiger partial charge on any atom is 0.230 e. The molecule has 36 heavy (non-hydrogen) atoms. The van der Waals surface area contributed by atoms with Gasteiger partial charge in [-0.05, 0) is 49.4 Å². The quantitative estimate of drug-likeness (QED) is 0.394. The molecule has 0 spiro atoms. The lowest BCUT2D eigenvalue weighted by atomic mass is 9.62. The van der Waals surface area contributed by atoms with Crippen LogP contribution in [0.1, 0.15) is 37.3 Å². The molecule has 0 bridgehead atoms. The number of rotatable bonds is 5. The molecule has 4 N–H and O–H groups in total. The van der Waals surface area contributed by atoms with E-state index in [9.17, 15) is 9.90 Å². The monoisotopic (exact) mass is 487 g/mol. The largest absolute Gasteiger partial charge is 0.393 e. The number of ether oxygens (including phenoxy) is 1. The van der Waals surface area contributed by atoms with E-state index in [0.29, 0.717) is 37.4 Å². The van der Waals surface area contributed by atoms with Gasteiger partial charge < -0.3 is 20.9 Å². The minimum absolute atomic E-state index is 0.0856. The van der Waals surface area contributed by atoms with Gasteiger partial charge in [-0.3, -0.25) is 9.48 Å². The number of aliphatic hydroxyl groups excluding tert-OH is 1. The number of amides is 1. The molecule has 0 atom stereocenters. The van der Waals surface area contributed by atoms with E-state index in [4.69, 9.17) is 10.5 Å². The van der Waals surface area contributed by atoms with Gasteiger partial charge >= 0.3 is 0 Å². The number of carbonyl (C=O) groups excluding carboxylic acids is 1. The van der Waals surface area contributed by atoms with E-state index in [2.05, 4.69) is 31.2 Å². The van der Waals surface area contributed by atoms with E-state index in [-0.39, 0.29) is 11.9 Å². The molecule has 1 aromatic carbocycles. The molecule has 1 saturated carbocycles. The summed E-state index contributed by atoms with van der Waals surface area (Å²) in [6.07, 6.45) is 5.37. The number of nitrogens with one attached hydrogen (secondary N) is 1. The Balaban J connectivity index is 1.49. The first-order valence-electron chi connectivity index (χ1n) is 12.3. The summed E-state index contributed by atoms with van der Waals surface area (Å²) in [6.45, 7) is 1.43. The Hall–Kier alpha value is -3.76. The average Bonchev–Trinajstić information content (AvgIpc) is 3.52. The Morgan fingerprint density at radius 3 is 2.72 bits per heavy atom. The number of aromatic nitrogens is 5. The van der Waals surface area contributed by atoms with Gasteiger partial charge in [-0.2, -0.15) is 10.2 Å². The van der Waals surface area contributed by atoms with Crippen molar-refractivity contribution < 1.29 is 14.6 Å². The van der Waals surface area contributed by atoms with Crippen molar-refractivity contribution in [2.75, 3.05) is 26.0 Å². The second kappa shape index (κ2) is 8.72. The Kier molecular flexibility index (Phi) is 5.50. The van der Waals surface area contributed by atoms with E-state index < -0.39 is 11.5 Å². The van der Waals surface area contributed by atoms with Crippen molar-refractivity contribution in [3.63, 3.8) is 0 Å². The van der Waals surface area contributed by atoms with Crippen molar-refractivity contribution in [2.45, 2.75) is 43.2 Å². The molecule has 0 unspecified atom stereocenters. The fraction of sp³-hybridized carbons (Fsp3) is 0.385. The van der Waals surface area contributed by atoms with Gasteiger partial charge in [0.15, 0.2) is 5.82 Å². The average molecular weight is 488 g/mol. The van der Waals surface area contributed by atoms with Crippen LogP contribution in [-0.4, -0.2) is 61.8 Å². The van der Waals surface area contributed by atoms with Crippen LogP contribution in [0.25, 0.3) is 28.0 Å². The molecule has 10 nitrogen and oxygen atoms in total. The smallest absolute Gasteiger partial charge is 0.230 e. The third-order valence-electron chi connectivity index (χ3n) is 7.61. The number of anilines is 1. The molecule has 6 rings (SSSR count). The first kappa shape index (κ1) is 22.7. The Labute approximate surface area is 208 Å². The van der Waals surface area contributed by atoms with Gasteiger partial charge in [0.05, 0.1) is 28.9 Å². The van der Waals surface area contributed by atoms with Gasteiger partial charge in [-0.1, -0.05) is 18.2 Å². The molecule has 186 valence electrons. The lowest BCUT2D eigenvalue weighted by Crippen LogP contribution is -2.54. The number of hydrogen-bond donors (Lipinski definition) is 3. The zero-order valence-corrected chi connectivity index (χ0v) is 20.1. The molecule has 1 aliphatic heterocycles. The van der Waals surface area contributed by atoms with Crippen LogP contribution in [0.2, 0.25) is 0 Å². The van der Waals surface area contributed by atoms with Crippen LogP contribution in [-0.2, 0) is 14.9 Å². The number of nitrogen functional groups attached to an aromatic ring is 1. The fourth-order valence-electron chi connectivity index (χ4n) is 5.73. The number of likely N-dealkylation sites (N-methyl/N-ethyl adjacent to an activating group) is 1. The number of nitrogens with two attached hydrogens (primary N) is 1. The number of aliphatic hydroxyl groups is 1. The Morgan fingerprint density at radius 1 is 1.17 bits per heavy atom. The van der Waals surface area contributed by atoms with Gasteiger partial charge in [-0.25, -0.2) is 9.50 Å². The lowest BCUT2D eigenvalue weighted by molar-refractivity contribution is -0.134. The summed E-state index contributed by atoms with van der Waals surface area (Å²) in [6, 6.07) is 12.2. The van der Waals surface area contributed by atoms with Crippen LogP contribution in [0.5, 0.6) is 0 Å². The highest BCUT2D eigenvalue weighted by Crippen LogP contribution is 2.45. The predicted molar refractivity (Wildman–Crippen MR) is 134 cm³/mol. The first-order chi connectivity index (χ1) is 17.5. The molecule has 2 aliphatic rings. The zero-order chi connectivity index (χ0) is 24.9. The molecule has 10 heteroatoms. The molecule has 4 aromatic rings. The molecule has 2 fully saturated rings. The van der Waals surface area contributed by atoms with Crippen molar-refractivity contribution in [2.24, 2.45) is 0 Å². The van der Waals surface area contributed by atoms with E-state index in [0.717, 1.165) is 40.9 Å². The highest BCUT2D eigenvalue weighted by atomic mass is 16.5. The van der Waals surface area contributed by atoms with Crippen molar-refractivity contribution in [1.82, 2.24) is 29.7 Å². The van der Waals surface area contributed by atoms with Gasteiger partial charge in [0.2, 0.25) is 5.91 Å². The normalized spacial score (nSPS) is 22.4. The van der Waals surface area contributed by atoms with Crippen LogP contribution in [0.15, 0.2) is 48.9 Å². The lowest BCUT2D eigenvalue weighted by Gasteiger charge is -2.44. The van der Waals surface area contributed by atoms with Crippen LogP contribution >= 0.6 is 0 Å². The fourth-order valence-corrected chi connectivity index (χ4v) is 5.73. The topological polar surface area (TPSA) is 133 Å². The molecular formula is C26H29N7O3. The van der Waals surface area contributed by atoms with Crippen molar-refractivity contribution in [1.29, 1.82) is 0 Å². The molecule has 1 saturated heterocycles.